The number of benzene rings is 4. The third-order valence-corrected chi connectivity index (χ3v) is 5.81. The Labute approximate surface area is 170 Å². The maximum absolute atomic E-state index is 12.4. The van der Waals surface area contributed by atoms with Gasteiger partial charge in [0.1, 0.15) is 0 Å². The van der Waals surface area contributed by atoms with Crippen molar-refractivity contribution >= 4 is 17.5 Å². The van der Waals surface area contributed by atoms with Crippen LogP contribution in [0.3, 0.4) is 0 Å². The summed E-state index contributed by atoms with van der Waals surface area (Å²) in [6, 6.07) is 35.0. The summed E-state index contributed by atoms with van der Waals surface area (Å²) >= 11 is 1.65. The first-order valence-electron chi connectivity index (χ1n) is 9.26. The van der Waals surface area contributed by atoms with Gasteiger partial charge in [-0.1, -0.05) is 103 Å². The lowest BCUT2D eigenvalue weighted by Gasteiger charge is -2.16. The highest BCUT2D eigenvalue weighted by molar-refractivity contribution is 7.99. The van der Waals surface area contributed by atoms with E-state index in [9.17, 15) is 4.79 Å². The van der Waals surface area contributed by atoms with Gasteiger partial charge >= 0.3 is 0 Å². The van der Waals surface area contributed by atoms with Gasteiger partial charge in [0.25, 0.3) is 0 Å². The third kappa shape index (κ3) is 3.78. The third-order valence-electron chi connectivity index (χ3n) is 4.66. The quantitative estimate of drug-likeness (QED) is 0.336. The van der Waals surface area contributed by atoms with Crippen molar-refractivity contribution in [3.8, 4) is 22.3 Å². The van der Waals surface area contributed by atoms with Gasteiger partial charge in [-0.15, -0.1) is 0 Å². The highest BCUT2D eigenvalue weighted by Crippen LogP contribution is 2.42. The van der Waals surface area contributed by atoms with E-state index in [-0.39, 0.29) is 5.78 Å². The van der Waals surface area contributed by atoms with E-state index in [0.29, 0.717) is 0 Å². The van der Waals surface area contributed by atoms with Gasteiger partial charge in [-0.25, -0.2) is 0 Å². The summed E-state index contributed by atoms with van der Waals surface area (Å²) < 4.78 is 0. The maximum Gasteiger partial charge on any atom is 0.160 e. The molecular weight excluding hydrogens is 360 g/mol. The van der Waals surface area contributed by atoms with Crippen LogP contribution in [0.5, 0.6) is 0 Å². The molecule has 0 aliphatic heterocycles. The molecule has 4 rings (SSSR count). The highest BCUT2D eigenvalue weighted by Gasteiger charge is 2.17. The Morgan fingerprint density at radius 3 is 1.86 bits per heavy atom. The number of carbonyl (C=O) groups excluding carboxylic acids is 1. The van der Waals surface area contributed by atoms with Crippen molar-refractivity contribution in [2.75, 3.05) is 0 Å². The van der Waals surface area contributed by atoms with E-state index in [1.54, 1.807) is 18.7 Å². The molecule has 0 saturated heterocycles. The van der Waals surface area contributed by atoms with Gasteiger partial charge in [0.2, 0.25) is 0 Å². The summed E-state index contributed by atoms with van der Waals surface area (Å²) in [7, 11) is 0. The molecule has 1 nitrogen and oxygen atoms in total. The molecule has 0 spiro atoms. The first kappa shape index (κ1) is 18.3. The standard InChI is InChI=1S/C26H20OS/c1-19(27)22-17-10-18-25(26(22)28-21-13-6-3-7-14-21)24-16-9-8-15-23(24)20-11-4-2-5-12-20/h2-18H,1H3. The molecule has 0 N–H and O–H groups in total. The Balaban J connectivity index is 1.92. The molecule has 0 atom stereocenters. The Kier molecular flexibility index (Phi) is 5.41. The lowest BCUT2D eigenvalue weighted by molar-refractivity contribution is 0.101. The van der Waals surface area contributed by atoms with E-state index in [4.69, 9.17) is 0 Å². The molecule has 0 aromatic heterocycles. The summed E-state index contributed by atoms with van der Waals surface area (Å²) in [5.74, 6) is 0.0810. The first-order chi connectivity index (χ1) is 13.7. The van der Waals surface area contributed by atoms with Crippen LogP contribution in [0.15, 0.2) is 113 Å². The SMILES string of the molecule is CC(=O)c1cccc(-c2ccccc2-c2ccccc2)c1Sc1ccccc1. The fraction of sp³-hybridized carbons (Fsp3) is 0.0385. The first-order valence-corrected chi connectivity index (χ1v) is 10.1. The molecule has 2 heteroatoms. The zero-order chi connectivity index (χ0) is 19.3. The Bertz CT molecular complexity index is 1100. The van der Waals surface area contributed by atoms with Gasteiger partial charge < -0.3 is 0 Å². The van der Waals surface area contributed by atoms with Gasteiger partial charge in [-0.3, -0.25) is 4.79 Å². The van der Waals surface area contributed by atoms with Gasteiger partial charge in [-0.2, -0.15) is 0 Å². The number of rotatable bonds is 5. The minimum absolute atomic E-state index is 0.0810. The lowest BCUT2D eigenvalue weighted by atomic mass is 9.93. The average Bonchev–Trinajstić information content (AvgIpc) is 2.75. The molecule has 28 heavy (non-hydrogen) atoms. The van der Waals surface area contributed by atoms with E-state index >= 15 is 0 Å². The van der Waals surface area contributed by atoms with E-state index < -0.39 is 0 Å². The van der Waals surface area contributed by atoms with E-state index in [2.05, 4.69) is 66.7 Å². The van der Waals surface area contributed by atoms with Crippen molar-refractivity contribution in [1.29, 1.82) is 0 Å². The predicted octanol–water partition coefficient (Wildman–Crippen LogP) is 7.37. The van der Waals surface area contributed by atoms with Crippen LogP contribution >= 0.6 is 11.8 Å². The maximum atomic E-state index is 12.4. The molecule has 136 valence electrons. The number of Topliss-reactive ketones (excluding diaryl/α,β-unsaturated/α-hetero) is 1. The zero-order valence-electron chi connectivity index (χ0n) is 15.6. The number of hydrogen-bond donors (Lipinski definition) is 0. The molecule has 0 fully saturated rings. The number of carbonyl (C=O) groups is 1. The van der Waals surface area contributed by atoms with Gasteiger partial charge in [0, 0.05) is 15.4 Å². The van der Waals surface area contributed by atoms with Crippen LogP contribution in [0.4, 0.5) is 0 Å². The van der Waals surface area contributed by atoms with Crippen molar-refractivity contribution < 1.29 is 4.79 Å². The normalized spacial score (nSPS) is 10.6. The molecule has 4 aromatic rings. The summed E-state index contributed by atoms with van der Waals surface area (Å²) in [5.41, 5.74) is 5.31. The predicted molar refractivity (Wildman–Crippen MR) is 118 cm³/mol. The lowest BCUT2D eigenvalue weighted by Crippen LogP contribution is -1.98. The molecule has 0 aliphatic rings. The summed E-state index contributed by atoms with van der Waals surface area (Å²) in [6.07, 6.45) is 0. The van der Waals surface area contributed by atoms with Crippen LogP contribution in [0, 0.1) is 0 Å². The Hall–Kier alpha value is -3.10. The number of ketones is 1. The van der Waals surface area contributed by atoms with Crippen LogP contribution in [0.2, 0.25) is 0 Å². The molecule has 0 saturated carbocycles. The van der Waals surface area contributed by atoms with Crippen LogP contribution < -0.4 is 0 Å². The van der Waals surface area contributed by atoms with Crippen molar-refractivity contribution in [1.82, 2.24) is 0 Å². The second-order valence-corrected chi connectivity index (χ2v) is 7.65. The fourth-order valence-corrected chi connectivity index (χ4v) is 4.47. The fourth-order valence-electron chi connectivity index (χ4n) is 3.33. The monoisotopic (exact) mass is 380 g/mol. The molecule has 0 unspecified atom stereocenters. The van der Waals surface area contributed by atoms with Crippen LogP contribution in [-0.2, 0) is 0 Å². The van der Waals surface area contributed by atoms with E-state index in [1.807, 2.05) is 36.4 Å². The van der Waals surface area contributed by atoms with Gasteiger partial charge in [-0.05, 0) is 41.3 Å². The minimum atomic E-state index is 0.0810. The van der Waals surface area contributed by atoms with Crippen molar-refractivity contribution in [3.63, 3.8) is 0 Å². The summed E-state index contributed by atoms with van der Waals surface area (Å²) in [6.45, 7) is 1.64. The van der Waals surface area contributed by atoms with Crippen molar-refractivity contribution in [2.45, 2.75) is 16.7 Å². The summed E-state index contributed by atoms with van der Waals surface area (Å²) in [5, 5.41) is 0. The van der Waals surface area contributed by atoms with Crippen molar-refractivity contribution in [2.24, 2.45) is 0 Å². The van der Waals surface area contributed by atoms with Crippen molar-refractivity contribution in [3.05, 3.63) is 109 Å². The second kappa shape index (κ2) is 8.28. The van der Waals surface area contributed by atoms with Crippen LogP contribution in [0.1, 0.15) is 17.3 Å². The highest BCUT2D eigenvalue weighted by atomic mass is 32.2. The van der Waals surface area contributed by atoms with Gasteiger partial charge in [0.15, 0.2) is 5.78 Å². The number of hydrogen-bond acceptors (Lipinski definition) is 2. The topological polar surface area (TPSA) is 17.1 Å². The molecule has 4 aromatic carbocycles. The zero-order valence-corrected chi connectivity index (χ0v) is 16.4. The molecule has 0 aliphatic carbocycles. The molecule has 0 heterocycles. The minimum Gasteiger partial charge on any atom is -0.294 e. The van der Waals surface area contributed by atoms with Crippen LogP contribution in [-0.4, -0.2) is 5.78 Å². The summed E-state index contributed by atoms with van der Waals surface area (Å²) in [4.78, 5) is 14.5. The largest absolute Gasteiger partial charge is 0.294 e. The molecular formula is C26H20OS. The second-order valence-electron chi connectivity index (χ2n) is 6.57. The molecule has 0 bridgehead atoms. The Morgan fingerprint density at radius 2 is 1.18 bits per heavy atom. The molecule has 0 amide bonds. The van der Waals surface area contributed by atoms with E-state index in [0.717, 1.165) is 26.5 Å². The van der Waals surface area contributed by atoms with Crippen LogP contribution in [0.25, 0.3) is 22.3 Å². The Morgan fingerprint density at radius 1 is 0.607 bits per heavy atom. The smallest absolute Gasteiger partial charge is 0.160 e. The molecule has 0 radical (unpaired) electrons. The van der Waals surface area contributed by atoms with E-state index in [1.165, 1.54) is 11.1 Å². The average molecular weight is 381 g/mol. The van der Waals surface area contributed by atoms with Gasteiger partial charge in [0.05, 0.1) is 0 Å².